The third-order valence-electron chi connectivity index (χ3n) is 3.76. The Kier molecular flexibility index (Phi) is 5.36. The van der Waals surface area contributed by atoms with Crippen molar-refractivity contribution in [1.29, 1.82) is 0 Å². The summed E-state index contributed by atoms with van der Waals surface area (Å²) in [6.45, 7) is 6.80. The summed E-state index contributed by atoms with van der Waals surface area (Å²) in [6, 6.07) is 10.0. The lowest BCUT2D eigenvalue weighted by molar-refractivity contribution is -0.123. The maximum absolute atomic E-state index is 12.5. The van der Waals surface area contributed by atoms with Crippen molar-refractivity contribution in [2.24, 2.45) is 5.92 Å². The highest BCUT2D eigenvalue weighted by Gasteiger charge is 2.23. The summed E-state index contributed by atoms with van der Waals surface area (Å²) in [4.78, 5) is 12.5. The number of carbonyl (C=O) groups excluding carboxylic acids is 1. The quantitative estimate of drug-likeness (QED) is 0.808. The molecule has 1 aromatic rings. The lowest BCUT2D eigenvalue weighted by atomic mass is 9.87. The largest absolute Gasteiger partial charge is 0.352 e. The van der Waals surface area contributed by atoms with Crippen LogP contribution < -0.4 is 10.6 Å². The first-order valence-corrected chi connectivity index (χ1v) is 7.39. The van der Waals surface area contributed by atoms with Crippen LogP contribution in [0.1, 0.15) is 31.7 Å². The average molecular weight is 272 g/mol. The van der Waals surface area contributed by atoms with Crippen molar-refractivity contribution < 1.29 is 4.79 Å². The molecule has 0 bridgehead atoms. The zero-order chi connectivity index (χ0) is 14.4. The number of amides is 1. The molecular formula is C17H24N2O. The molecule has 1 aliphatic heterocycles. The lowest BCUT2D eigenvalue weighted by Crippen LogP contribution is -2.34. The SMILES string of the molecule is CC(C)C(C(=O)NCC1=CCNCC1)c1ccccc1. The Morgan fingerprint density at radius 1 is 1.30 bits per heavy atom. The second-order valence-electron chi connectivity index (χ2n) is 5.67. The van der Waals surface area contributed by atoms with Crippen LogP contribution in [-0.2, 0) is 4.79 Å². The first-order chi connectivity index (χ1) is 9.68. The molecule has 1 atom stereocenters. The standard InChI is InChI=1S/C17H24N2O/c1-13(2)16(15-6-4-3-5-7-15)17(20)19-12-14-8-10-18-11-9-14/h3-8,13,16,18H,9-12H2,1-2H3,(H,19,20). The van der Waals surface area contributed by atoms with E-state index in [1.165, 1.54) is 5.57 Å². The van der Waals surface area contributed by atoms with Crippen molar-refractivity contribution in [3.05, 3.63) is 47.5 Å². The van der Waals surface area contributed by atoms with E-state index in [-0.39, 0.29) is 11.8 Å². The Morgan fingerprint density at radius 2 is 2.05 bits per heavy atom. The van der Waals surface area contributed by atoms with Crippen LogP contribution >= 0.6 is 0 Å². The minimum absolute atomic E-state index is 0.0708. The highest BCUT2D eigenvalue weighted by molar-refractivity contribution is 5.84. The lowest BCUT2D eigenvalue weighted by Gasteiger charge is -2.22. The van der Waals surface area contributed by atoms with E-state index in [0.29, 0.717) is 12.5 Å². The van der Waals surface area contributed by atoms with Crippen molar-refractivity contribution in [2.75, 3.05) is 19.6 Å². The molecule has 0 radical (unpaired) electrons. The van der Waals surface area contributed by atoms with Crippen molar-refractivity contribution in [3.8, 4) is 0 Å². The molecule has 0 spiro atoms. The van der Waals surface area contributed by atoms with E-state index in [1.54, 1.807) is 0 Å². The van der Waals surface area contributed by atoms with Gasteiger partial charge >= 0.3 is 0 Å². The second kappa shape index (κ2) is 7.25. The monoisotopic (exact) mass is 272 g/mol. The van der Waals surface area contributed by atoms with E-state index < -0.39 is 0 Å². The van der Waals surface area contributed by atoms with Crippen LogP contribution in [0.3, 0.4) is 0 Å². The Labute approximate surface area is 121 Å². The predicted octanol–water partition coefficient (Wildman–Crippen LogP) is 2.46. The molecule has 3 heteroatoms. The fourth-order valence-electron chi connectivity index (χ4n) is 2.64. The van der Waals surface area contributed by atoms with Crippen LogP contribution in [0, 0.1) is 5.92 Å². The highest BCUT2D eigenvalue weighted by Crippen LogP contribution is 2.24. The molecule has 20 heavy (non-hydrogen) atoms. The van der Waals surface area contributed by atoms with E-state index in [9.17, 15) is 4.79 Å². The molecule has 0 aromatic heterocycles. The normalized spacial score (nSPS) is 16.6. The van der Waals surface area contributed by atoms with Gasteiger partial charge in [-0.1, -0.05) is 55.8 Å². The van der Waals surface area contributed by atoms with Gasteiger partial charge in [0.15, 0.2) is 0 Å². The number of hydrogen-bond donors (Lipinski definition) is 2. The average Bonchev–Trinajstić information content (AvgIpc) is 2.47. The molecule has 0 aliphatic carbocycles. The van der Waals surface area contributed by atoms with Gasteiger partial charge in [0.05, 0.1) is 5.92 Å². The summed E-state index contributed by atoms with van der Waals surface area (Å²) in [7, 11) is 0. The molecule has 0 saturated heterocycles. The number of rotatable bonds is 5. The van der Waals surface area contributed by atoms with Crippen LogP contribution in [0.15, 0.2) is 42.0 Å². The minimum Gasteiger partial charge on any atom is -0.352 e. The summed E-state index contributed by atoms with van der Waals surface area (Å²) >= 11 is 0. The predicted molar refractivity (Wildman–Crippen MR) is 82.6 cm³/mol. The zero-order valence-electron chi connectivity index (χ0n) is 12.4. The molecule has 1 aliphatic rings. The van der Waals surface area contributed by atoms with Crippen molar-refractivity contribution in [2.45, 2.75) is 26.2 Å². The summed E-state index contributed by atoms with van der Waals surface area (Å²) in [5.74, 6) is 0.351. The molecule has 3 nitrogen and oxygen atoms in total. The third-order valence-corrected chi connectivity index (χ3v) is 3.76. The van der Waals surface area contributed by atoms with Crippen molar-refractivity contribution >= 4 is 5.91 Å². The second-order valence-corrected chi connectivity index (χ2v) is 5.67. The molecule has 1 amide bonds. The number of carbonyl (C=O) groups is 1. The molecule has 108 valence electrons. The van der Waals surface area contributed by atoms with Gasteiger partial charge in [0, 0.05) is 13.1 Å². The maximum atomic E-state index is 12.5. The Bertz CT molecular complexity index is 465. The molecule has 1 heterocycles. The number of nitrogens with one attached hydrogen (secondary N) is 2. The zero-order valence-corrected chi connectivity index (χ0v) is 12.4. The Hall–Kier alpha value is -1.61. The topological polar surface area (TPSA) is 41.1 Å². The molecular weight excluding hydrogens is 248 g/mol. The summed E-state index contributed by atoms with van der Waals surface area (Å²) in [5.41, 5.74) is 2.42. The first kappa shape index (κ1) is 14.8. The Morgan fingerprint density at radius 3 is 2.65 bits per heavy atom. The molecule has 2 rings (SSSR count). The summed E-state index contributed by atoms with van der Waals surface area (Å²) in [6.07, 6.45) is 3.20. The molecule has 0 saturated carbocycles. The Balaban J connectivity index is 1.99. The van der Waals surface area contributed by atoms with E-state index >= 15 is 0 Å². The van der Waals surface area contributed by atoms with Crippen LogP contribution in [0.5, 0.6) is 0 Å². The van der Waals surface area contributed by atoms with Crippen LogP contribution in [0.2, 0.25) is 0 Å². The van der Waals surface area contributed by atoms with Gasteiger partial charge in [0.2, 0.25) is 5.91 Å². The molecule has 2 N–H and O–H groups in total. The summed E-state index contributed by atoms with van der Waals surface area (Å²) in [5, 5.41) is 6.38. The van der Waals surface area contributed by atoms with E-state index in [1.807, 2.05) is 30.3 Å². The summed E-state index contributed by atoms with van der Waals surface area (Å²) < 4.78 is 0. The van der Waals surface area contributed by atoms with Crippen LogP contribution in [0.4, 0.5) is 0 Å². The highest BCUT2D eigenvalue weighted by atomic mass is 16.1. The van der Waals surface area contributed by atoms with Gasteiger partial charge in [-0.3, -0.25) is 4.79 Å². The minimum atomic E-state index is -0.0708. The van der Waals surface area contributed by atoms with Crippen LogP contribution in [0.25, 0.3) is 0 Å². The number of benzene rings is 1. The first-order valence-electron chi connectivity index (χ1n) is 7.39. The maximum Gasteiger partial charge on any atom is 0.228 e. The van der Waals surface area contributed by atoms with Gasteiger partial charge in [-0.2, -0.15) is 0 Å². The smallest absolute Gasteiger partial charge is 0.228 e. The van der Waals surface area contributed by atoms with E-state index in [2.05, 4.69) is 30.6 Å². The van der Waals surface area contributed by atoms with E-state index in [0.717, 1.165) is 25.1 Å². The van der Waals surface area contributed by atoms with Gasteiger partial charge in [0.1, 0.15) is 0 Å². The van der Waals surface area contributed by atoms with Gasteiger partial charge in [-0.05, 0) is 24.4 Å². The van der Waals surface area contributed by atoms with Crippen molar-refractivity contribution in [3.63, 3.8) is 0 Å². The number of hydrogen-bond acceptors (Lipinski definition) is 2. The third kappa shape index (κ3) is 3.94. The van der Waals surface area contributed by atoms with E-state index in [4.69, 9.17) is 0 Å². The molecule has 1 aromatic carbocycles. The van der Waals surface area contributed by atoms with Gasteiger partial charge in [-0.25, -0.2) is 0 Å². The van der Waals surface area contributed by atoms with Crippen molar-refractivity contribution in [1.82, 2.24) is 10.6 Å². The van der Waals surface area contributed by atoms with Gasteiger partial charge in [-0.15, -0.1) is 0 Å². The molecule has 1 unspecified atom stereocenters. The van der Waals surface area contributed by atoms with Gasteiger partial charge < -0.3 is 10.6 Å². The fourth-order valence-corrected chi connectivity index (χ4v) is 2.64. The van der Waals surface area contributed by atoms with Crippen LogP contribution in [-0.4, -0.2) is 25.5 Å². The van der Waals surface area contributed by atoms with Gasteiger partial charge in [0.25, 0.3) is 0 Å². The molecule has 0 fully saturated rings. The fraction of sp³-hybridized carbons (Fsp3) is 0.471.